The molecule has 0 aromatic rings. The van der Waals surface area contributed by atoms with Gasteiger partial charge in [-0.1, -0.05) is 26.3 Å². The van der Waals surface area contributed by atoms with Gasteiger partial charge in [0.1, 0.15) is 5.76 Å². The predicted octanol–water partition coefficient (Wildman–Crippen LogP) is 4.06. The molecule has 0 bridgehead atoms. The Hall–Kier alpha value is -0.720. The zero-order valence-corrected chi connectivity index (χ0v) is 10.4. The molecule has 1 nitrogen and oxygen atoms in total. The highest BCUT2D eigenvalue weighted by Crippen LogP contribution is 2.47. The number of allylic oxidation sites excluding steroid dienone is 3. The van der Waals surface area contributed by atoms with Gasteiger partial charge < -0.3 is 4.74 Å². The van der Waals surface area contributed by atoms with Crippen molar-refractivity contribution in [3.05, 3.63) is 23.0 Å². The second-order valence-electron chi connectivity index (χ2n) is 5.60. The Morgan fingerprint density at radius 2 is 2.20 bits per heavy atom. The lowest BCUT2D eigenvalue weighted by molar-refractivity contribution is 0.225. The fourth-order valence-corrected chi connectivity index (χ4v) is 2.77. The van der Waals surface area contributed by atoms with Crippen LogP contribution < -0.4 is 0 Å². The van der Waals surface area contributed by atoms with Gasteiger partial charge in [0, 0.05) is 0 Å². The first-order valence-electron chi connectivity index (χ1n) is 6.10. The highest BCUT2D eigenvalue weighted by atomic mass is 16.5. The second-order valence-corrected chi connectivity index (χ2v) is 5.60. The third-order valence-electron chi connectivity index (χ3n) is 3.66. The first kappa shape index (κ1) is 10.8. The molecule has 0 unspecified atom stereocenters. The number of hydrogen-bond acceptors (Lipinski definition) is 1. The van der Waals surface area contributed by atoms with E-state index in [2.05, 4.69) is 33.8 Å². The van der Waals surface area contributed by atoms with Crippen LogP contribution >= 0.6 is 0 Å². The largest absolute Gasteiger partial charge is 0.494 e. The standard InChI is InChI=1S/C14H22O/c1-5-15-13-8-10(2)11-6-7-14(3,4)9-12(11)13/h8,10H,5-7,9H2,1-4H3/t10-/m0/s1. The molecule has 2 rings (SSSR count). The van der Waals surface area contributed by atoms with Gasteiger partial charge in [-0.15, -0.1) is 0 Å². The zero-order chi connectivity index (χ0) is 11.1. The molecule has 2 aliphatic carbocycles. The Labute approximate surface area is 93.2 Å². The smallest absolute Gasteiger partial charge is 0.119 e. The van der Waals surface area contributed by atoms with Gasteiger partial charge in [0.15, 0.2) is 0 Å². The number of ether oxygens (including phenoxy) is 1. The molecule has 0 saturated heterocycles. The summed E-state index contributed by atoms with van der Waals surface area (Å²) in [7, 11) is 0. The molecule has 0 fully saturated rings. The van der Waals surface area contributed by atoms with Crippen molar-refractivity contribution in [2.24, 2.45) is 11.3 Å². The van der Waals surface area contributed by atoms with E-state index in [1.165, 1.54) is 30.6 Å². The van der Waals surface area contributed by atoms with E-state index in [1.54, 1.807) is 5.57 Å². The quantitative estimate of drug-likeness (QED) is 0.662. The van der Waals surface area contributed by atoms with Crippen LogP contribution in [0.25, 0.3) is 0 Å². The summed E-state index contributed by atoms with van der Waals surface area (Å²) in [6, 6.07) is 0. The van der Waals surface area contributed by atoms with Crippen LogP contribution in [0.4, 0.5) is 0 Å². The monoisotopic (exact) mass is 206 g/mol. The zero-order valence-electron chi connectivity index (χ0n) is 10.4. The van der Waals surface area contributed by atoms with Crippen LogP contribution in [0.1, 0.15) is 47.0 Å². The number of hydrogen-bond donors (Lipinski definition) is 0. The molecule has 84 valence electrons. The van der Waals surface area contributed by atoms with Crippen molar-refractivity contribution in [1.82, 2.24) is 0 Å². The average molecular weight is 206 g/mol. The van der Waals surface area contributed by atoms with Gasteiger partial charge in [0.2, 0.25) is 0 Å². The summed E-state index contributed by atoms with van der Waals surface area (Å²) in [6.45, 7) is 9.88. The minimum Gasteiger partial charge on any atom is -0.494 e. The van der Waals surface area contributed by atoms with E-state index in [-0.39, 0.29) is 0 Å². The van der Waals surface area contributed by atoms with Crippen molar-refractivity contribution < 1.29 is 4.74 Å². The molecule has 1 heteroatoms. The maximum absolute atomic E-state index is 5.74. The normalized spacial score (nSPS) is 28.8. The van der Waals surface area contributed by atoms with Gasteiger partial charge in [-0.25, -0.2) is 0 Å². The summed E-state index contributed by atoms with van der Waals surface area (Å²) in [6.07, 6.45) is 6.08. The SMILES string of the molecule is CCOC1=C[C@H](C)C2=C1CC(C)(C)CC2. The predicted molar refractivity (Wildman–Crippen MR) is 63.5 cm³/mol. The molecule has 0 aromatic carbocycles. The molecule has 0 spiro atoms. The number of rotatable bonds is 2. The lowest BCUT2D eigenvalue weighted by Gasteiger charge is -2.32. The van der Waals surface area contributed by atoms with Gasteiger partial charge in [0.25, 0.3) is 0 Å². The molecule has 0 amide bonds. The topological polar surface area (TPSA) is 9.23 Å². The molecule has 0 radical (unpaired) electrons. The van der Waals surface area contributed by atoms with Gasteiger partial charge in [-0.05, 0) is 49.2 Å². The van der Waals surface area contributed by atoms with Gasteiger partial charge in [-0.3, -0.25) is 0 Å². The lowest BCUT2D eigenvalue weighted by Crippen LogP contribution is -2.19. The van der Waals surface area contributed by atoms with E-state index in [0.29, 0.717) is 11.3 Å². The fraction of sp³-hybridized carbons (Fsp3) is 0.714. The highest BCUT2D eigenvalue weighted by molar-refractivity contribution is 5.43. The summed E-state index contributed by atoms with van der Waals surface area (Å²) in [4.78, 5) is 0. The van der Waals surface area contributed by atoms with Crippen molar-refractivity contribution in [2.75, 3.05) is 6.61 Å². The molecule has 0 N–H and O–H groups in total. The minimum absolute atomic E-state index is 0.457. The molecule has 0 aliphatic heterocycles. The van der Waals surface area contributed by atoms with E-state index >= 15 is 0 Å². The first-order valence-corrected chi connectivity index (χ1v) is 6.10. The van der Waals surface area contributed by atoms with Crippen LogP contribution in [-0.2, 0) is 4.74 Å². The van der Waals surface area contributed by atoms with Crippen LogP contribution in [0.2, 0.25) is 0 Å². The second kappa shape index (κ2) is 3.70. The fourth-order valence-electron chi connectivity index (χ4n) is 2.77. The summed E-state index contributed by atoms with van der Waals surface area (Å²) < 4.78 is 5.74. The van der Waals surface area contributed by atoms with Crippen LogP contribution in [0, 0.1) is 11.3 Å². The van der Waals surface area contributed by atoms with E-state index in [1.807, 2.05) is 0 Å². The highest BCUT2D eigenvalue weighted by Gasteiger charge is 2.34. The van der Waals surface area contributed by atoms with Gasteiger partial charge in [-0.2, -0.15) is 0 Å². The molecular weight excluding hydrogens is 184 g/mol. The van der Waals surface area contributed by atoms with Crippen molar-refractivity contribution in [1.29, 1.82) is 0 Å². The Bertz CT molecular complexity index is 320. The molecule has 2 aliphatic rings. The van der Waals surface area contributed by atoms with E-state index < -0.39 is 0 Å². The summed E-state index contributed by atoms with van der Waals surface area (Å²) in [5.74, 6) is 1.78. The maximum atomic E-state index is 5.74. The van der Waals surface area contributed by atoms with Gasteiger partial charge in [0.05, 0.1) is 6.61 Å². The third kappa shape index (κ3) is 1.97. The lowest BCUT2D eigenvalue weighted by atomic mass is 9.74. The van der Waals surface area contributed by atoms with Crippen LogP contribution in [-0.4, -0.2) is 6.61 Å². The van der Waals surface area contributed by atoms with Crippen LogP contribution in [0.5, 0.6) is 0 Å². The van der Waals surface area contributed by atoms with E-state index in [9.17, 15) is 0 Å². The van der Waals surface area contributed by atoms with Crippen molar-refractivity contribution in [3.8, 4) is 0 Å². The minimum atomic E-state index is 0.457. The Balaban J connectivity index is 2.25. The molecule has 0 saturated carbocycles. The molecule has 1 atom stereocenters. The van der Waals surface area contributed by atoms with Crippen molar-refractivity contribution >= 4 is 0 Å². The van der Waals surface area contributed by atoms with Crippen LogP contribution in [0.3, 0.4) is 0 Å². The van der Waals surface area contributed by atoms with Crippen LogP contribution in [0.15, 0.2) is 23.0 Å². The van der Waals surface area contributed by atoms with Crippen molar-refractivity contribution in [2.45, 2.75) is 47.0 Å². The molecule has 0 aromatic heterocycles. The Kier molecular flexibility index (Phi) is 2.66. The molecule has 15 heavy (non-hydrogen) atoms. The molecule has 0 heterocycles. The Morgan fingerprint density at radius 3 is 2.87 bits per heavy atom. The average Bonchev–Trinajstić information content (AvgIpc) is 2.42. The first-order chi connectivity index (χ1) is 7.03. The van der Waals surface area contributed by atoms with E-state index in [4.69, 9.17) is 4.74 Å². The summed E-state index contributed by atoms with van der Waals surface area (Å²) in [5.41, 5.74) is 3.61. The molecular formula is C14H22O. The Morgan fingerprint density at radius 1 is 1.47 bits per heavy atom. The third-order valence-corrected chi connectivity index (χ3v) is 3.66. The summed E-state index contributed by atoms with van der Waals surface area (Å²) in [5, 5.41) is 0. The van der Waals surface area contributed by atoms with Gasteiger partial charge >= 0.3 is 0 Å². The maximum Gasteiger partial charge on any atom is 0.119 e. The van der Waals surface area contributed by atoms with E-state index in [0.717, 1.165) is 6.61 Å². The summed E-state index contributed by atoms with van der Waals surface area (Å²) >= 11 is 0. The van der Waals surface area contributed by atoms with Crippen molar-refractivity contribution in [3.63, 3.8) is 0 Å².